The summed E-state index contributed by atoms with van der Waals surface area (Å²) in [4.78, 5) is 11.1. The highest BCUT2D eigenvalue weighted by atomic mass is 127. The summed E-state index contributed by atoms with van der Waals surface area (Å²) >= 11 is 2.18. The van der Waals surface area contributed by atoms with Gasteiger partial charge in [-0.05, 0) is 60.3 Å². The molecule has 1 aliphatic rings. The van der Waals surface area contributed by atoms with Gasteiger partial charge in [0.1, 0.15) is 5.69 Å². The van der Waals surface area contributed by atoms with Crippen LogP contribution >= 0.6 is 22.6 Å². The van der Waals surface area contributed by atoms with Gasteiger partial charge in [-0.25, -0.2) is 4.79 Å². The Kier molecular flexibility index (Phi) is 3.56. The number of nitrogens with zero attached hydrogens (tertiary/aromatic N) is 1. The molecule has 0 spiro atoms. The Morgan fingerprint density at radius 2 is 2.06 bits per heavy atom. The molecule has 1 aromatic heterocycles. The third kappa shape index (κ3) is 2.42. The second-order valence-electron chi connectivity index (χ2n) is 4.67. The normalized spacial score (nSPS) is 25.6. The highest BCUT2D eigenvalue weighted by Gasteiger charge is 2.23. The first-order valence-electron chi connectivity index (χ1n) is 5.68. The van der Waals surface area contributed by atoms with Crippen LogP contribution in [0.5, 0.6) is 0 Å². The minimum absolute atomic E-state index is 0.380. The summed E-state index contributed by atoms with van der Waals surface area (Å²) in [5.74, 6) is -0.0271. The number of carboxylic acid groups (broad SMARTS) is 1. The summed E-state index contributed by atoms with van der Waals surface area (Å²) < 4.78 is 2.96. The van der Waals surface area contributed by atoms with Gasteiger partial charge in [-0.1, -0.05) is 6.92 Å². The number of carbonyl (C=O) groups is 1. The Balaban J connectivity index is 2.22. The van der Waals surface area contributed by atoms with Gasteiger partial charge in [0.15, 0.2) is 0 Å². The summed E-state index contributed by atoms with van der Waals surface area (Å²) in [5.41, 5.74) is 0.434. The van der Waals surface area contributed by atoms with E-state index in [-0.39, 0.29) is 0 Å². The van der Waals surface area contributed by atoms with E-state index in [9.17, 15) is 4.79 Å². The number of hydrogen-bond donors (Lipinski definition) is 1. The Morgan fingerprint density at radius 3 is 2.62 bits per heavy atom. The molecule has 0 radical (unpaired) electrons. The lowest BCUT2D eigenvalue weighted by Crippen LogP contribution is -2.19. The van der Waals surface area contributed by atoms with Crippen molar-refractivity contribution in [3.05, 3.63) is 21.5 Å². The first kappa shape index (κ1) is 12.0. The standard InChI is InChI=1S/C12H16INO2/c1-8-2-4-10(5-3-8)14-7-9(13)6-11(14)12(15)16/h6-8,10H,2-5H2,1H3,(H,15,16). The number of aromatic carboxylic acids is 1. The molecule has 2 rings (SSSR count). The topological polar surface area (TPSA) is 42.2 Å². The van der Waals surface area contributed by atoms with E-state index in [1.54, 1.807) is 6.07 Å². The van der Waals surface area contributed by atoms with Crippen molar-refractivity contribution in [1.29, 1.82) is 0 Å². The van der Waals surface area contributed by atoms with Gasteiger partial charge in [0.2, 0.25) is 0 Å². The molecule has 3 nitrogen and oxygen atoms in total. The van der Waals surface area contributed by atoms with Gasteiger partial charge in [0, 0.05) is 15.8 Å². The number of aromatic nitrogens is 1. The summed E-state index contributed by atoms with van der Waals surface area (Å²) in [7, 11) is 0. The minimum Gasteiger partial charge on any atom is -0.477 e. The maximum absolute atomic E-state index is 11.1. The van der Waals surface area contributed by atoms with Crippen LogP contribution in [0.15, 0.2) is 12.3 Å². The number of hydrogen-bond acceptors (Lipinski definition) is 1. The van der Waals surface area contributed by atoms with Gasteiger partial charge >= 0.3 is 5.97 Å². The van der Waals surface area contributed by atoms with Gasteiger partial charge in [0.05, 0.1) is 0 Å². The fourth-order valence-electron chi connectivity index (χ4n) is 2.44. The second kappa shape index (κ2) is 4.77. The Hall–Kier alpha value is -0.520. The summed E-state index contributed by atoms with van der Waals surface area (Å²) in [6.07, 6.45) is 6.58. The average Bonchev–Trinajstić information content (AvgIpc) is 2.61. The van der Waals surface area contributed by atoms with Crippen molar-refractivity contribution in [3.8, 4) is 0 Å². The predicted molar refractivity (Wildman–Crippen MR) is 70.8 cm³/mol. The predicted octanol–water partition coefficient (Wildman–Crippen LogP) is 3.54. The molecule has 0 aromatic carbocycles. The van der Waals surface area contributed by atoms with Gasteiger partial charge in [0.25, 0.3) is 0 Å². The molecule has 4 heteroatoms. The van der Waals surface area contributed by atoms with Gasteiger partial charge in [-0.2, -0.15) is 0 Å². The van der Waals surface area contributed by atoms with Crippen LogP contribution in [0.2, 0.25) is 0 Å². The molecule has 0 amide bonds. The smallest absolute Gasteiger partial charge is 0.352 e. The Bertz CT molecular complexity index is 392. The Labute approximate surface area is 109 Å². The van der Waals surface area contributed by atoms with E-state index in [1.807, 2.05) is 10.8 Å². The molecule has 1 fully saturated rings. The monoisotopic (exact) mass is 333 g/mol. The van der Waals surface area contributed by atoms with Crippen molar-refractivity contribution < 1.29 is 9.90 Å². The lowest BCUT2D eigenvalue weighted by Gasteiger charge is -2.28. The van der Waals surface area contributed by atoms with Crippen LogP contribution in [0, 0.1) is 9.49 Å². The first-order valence-corrected chi connectivity index (χ1v) is 6.76. The lowest BCUT2D eigenvalue weighted by atomic mass is 9.87. The fraction of sp³-hybridized carbons (Fsp3) is 0.583. The van der Waals surface area contributed by atoms with Crippen LogP contribution in [0.1, 0.15) is 49.1 Å². The van der Waals surface area contributed by atoms with Crippen molar-refractivity contribution >= 4 is 28.6 Å². The summed E-state index contributed by atoms with van der Waals surface area (Å²) in [5, 5.41) is 9.14. The van der Waals surface area contributed by atoms with E-state index in [1.165, 1.54) is 12.8 Å². The van der Waals surface area contributed by atoms with Gasteiger partial charge in [-0.15, -0.1) is 0 Å². The second-order valence-corrected chi connectivity index (χ2v) is 5.92. The van der Waals surface area contributed by atoms with E-state index in [4.69, 9.17) is 5.11 Å². The van der Waals surface area contributed by atoms with E-state index < -0.39 is 5.97 Å². The maximum Gasteiger partial charge on any atom is 0.352 e. The highest BCUT2D eigenvalue weighted by Crippen LogP contribution is 2.33. The third-order valence-electron chi connectivity index (χ3n) is 3.41. The van der Waals surface area contributed by atoms with Crippen LogP contribution in [0.3, 0.4) is 0 Å². The van der Waals surface area contributed by atoms with E-state index in [0.717, 1.165) is 22.3 Å². The van der Waals surface area contributed by atoms with Gasteiger partial charge < -0.3 is 9.67 Å². The fourth-order valence-corrected chi connectivity index (χ4v) is 3.03. The van der Waals surface area contributed by atoms with Crippen molar-refractivity contribution in [2.45, 2.75) is 38.6 Å². The zero-order valence-electron chi connectivity index (χ0n) is 9.32. The van der Waals surface area contributed by atoms with Crippen LogP contribution in [0.25, 0.3) is 0 Å². The molecule has 1 aliphatic carbocycles. The van der Waals surface area contributed by atoms with E-state index in [2.05, 4.69) is 29.5 Å². The molecule has 1 heterocycles. The molecule has 0 saturated heterocycles. The molecule has 1 N–H and O–H groups in total. The molecule has 0 unspecified atom stereocenters. The molecule has 0 aliphatic heterocycles. The molecule has 16 heavy (non-hydrogen) atoms. The quantitative estimate of drug-likeness (QED) is 0.841. The maximum atomic E-state index is 11.1. The Morgan fingerprint density at radius 1 is 1.44 bits per heavy atom. The summed E-state index contributed by atoms with van der Waals surface area (Å²) in [6.45, 7) is 2.27. The SMILES string of the molecule is CC1CCC(n2cc(I)cc2C(=O)O)CC1. The first-order chi connectivity index (χ1) is 7.58. The molecule has 0 bridgehead atoms. The van der Waals surface area contributed by atoms with Crippen molar-refractivity contribution in [2.24, 2.45) is 5.92 Å². The van der Waals surface area contributed by atoms with E-state index >= 15 is 0 Å². The third-order valence-corrected chi connectivity index (χ3v) is 4.00. The molecule has 1 saturated carbocycles. The van der Waals surface area contributed by atoms with E-state index in [0.29, 0.717) is 11.7 Å². The molecule has 88 valence electrons. The number of rotatable bonds is 2. The number of halogens is 1. The van der Waals surface area contributed by atoms with Crippen molar-refractivity contribution in [3.63, 3.8) is 0 Å². The van der Waals surface area contributed by atoms with Crippen LogP contribution in [0.4, 0.5) is 0 Å². The van der Waals surface area contributed by atoms with Crippen LogP contribution in [-0.4, -0.2) is 15.6 Å². The van der Waals surface area contributed by atoms with Crippen LogP contribution in [-0.2, 0) is 0 Å². The van der Waals surface area contributed by atoms with Crippen molar-refractivity contribution in [2.75, 3.05) is 0 Å². The number of carboxylic acids is 1. The highest BCUT2D eigenvalue weighted by molar-refractivity contribution is 14.1. The molecule has 0 atom stereocenters. The van der Waals surface area contributed by atoms with Crippen molar-refractivity contribution in [1.82, 2.24) is 4.57 Å². The zero-order chi connectivity index (χ0) is 11.7. The molecule has 1 aromatic rings. The lowest BCUT2D eigenvalue weighted by molar-refractivity contribution is 0.0680. The largest absolute Gasteiger partial charge is 0.477 e. The van der Waals surface area contributed by atoms with Crippen LogP contribution < -0.4 is 0 Å². The average molecular weight is 333 g/mol. The molecular weight excluding hydrogens is 317 g/mol. The summed E-state index contributed by atoms with van der Waals surface area (Å²) in [6, 6.07) is 2.13. The molecular formula is C12H16INO2. The zero-order valence-corrected chi connectivity index (χ0v) is 11.5. The van der Waals surface area contributed by atoms with Gasteiger partial charge in [-0.3, -0.25) is 0 Å². The minimum atomic E-state index is -0.818.